The van der Waals surface area contributed by atoms with Crippen LogP contribution in [0.4, 0.5) is 0 Å². The van der Waals surface area contributed by atoms with Gasteiger partial charge in [0.2, 0.25) is 5.91 Å². The van der Waals surface area contributed by atoms with Gasteiger partial charge in [0.25, 0.3) is 0 Å². The van der Waals surface area contributed by atoms with Gasteiger partial charge in [-0.15, -0.1) is 0 Å². The van der Waals surface area contributed by atoms with Crippen molar-refractivity contribution in [1.82, 2.24) is 14.8 Å². The van der Waals surface area contributed by atoms with E-state index in [0.717, 1.165) is 45.1 Å². The van der Waals surface area contributed by atoms with Gasteiger partial charge < -0.3 is 9.80 Å². The van der Waals surface area contributed by atoms with Crippen LogP contribution < -0.4 is 5.84 Å². The van der Waals surface area contributed by atoms with Crippen molar-refractivity contribution in [3.05, 3.63) is 0 Å². The number of carbonyl (C=O) groups is 1. The molecule has 19 heavy (non-hydrogen) atoms. The highest BCUT2D eigenvalue weighted by Crippen LogP contribution is 2.20. The van der Waals surface area contributed by atoms with E-state index >= 15 is 0 Å². The number of hydrazine groups is 1. The van der Waals surface area contributed by atoms with Crippen LogP contribution in [-0.4, -0.2) is 67.0 Å². The van der Waals surface area contributed by atoms with Crippen molar-refractivity contribution in [1.29, 1.82) is 0 Å². The normalized spacial score (nSPS) is 25.1. The Morgan fingerprint density at radius 1 is 1.16 bits per heavy atom. The molecule has 1 amide bonds. The molecule has 2 N–H and O–H groups in total. The van der Waals surface area contributed by atoms with Crippen LogP contribution >= 0.6 is 0 Å². The van der Waals surface area contributed by atoms with Gasteiger partial charge in [-0.05, 0) is 32.4 Å². The molecule has 0 radical (unpaired) electrons. The van der Waals surface area contributed by atoms with Gasteiger partial charge >= 0.3 is 0 Å². The molecule has 1 unspecified atom stereocenters. The number of piperazine rings is 1. The smallest absolute Gasteiger partial charge is 0.222 e. The Hall–Kier alpha value is -0.650. The number of amides is 1. The first-order valence-electron chi connectivity index (χ1n) is 7.61. The summed E-state index contributed by atoms with van der Waals surface area (Å²) in [6.07, 6.45) is 3.01. The molecule has 2 fully saturated rings. The molecular weight excluding hydrogens is 240 g/mol. The lowest BCUT2D eigenvalue weighted by atomic mass is 10.0. The molecule has 2 aliphatic heterocycles. The maximum atomic E-state index is 12.0. The first-order valence-corrected chi connectivity index (χ1v) is 7.61. The molecule has 0 aromatic heterocycles. The lowest BCUT2D eigenvalue weighted by Crippen LogP contribution is -2.51. The summed E-state index contributed by atoms with van der Waals surface area (Å²) in [4.78, 5) is 16.3. The molecule has 2 aliphatic rings. The van der Waals surface area contributed by atoms with Crippen LogP contribution in [0.25, 0.3) is 0 Å². The van der Waals surface area contributed by atoms with Crippen molar-refractivity contribution in [2.24, 2.45) is 11.8 Å². The highest BCUT2D eigenvalue weighted by Gasteiger charge is 2.23. The predicted octanol–water partition coefficient (Wildman–Crippen LogP) is 0.762. The molecule has 5 heteroatoms. The van der Waals surface area contributed by atoms with E-state index in [4.69, 9.17) is 5.84 Å². The van der Waals surface area contributed by atoms with Crippen LogP contribution in [0.3, 0.4) is 0 Å². The Kier molecular flexibility index (Phi) is 7.34. The number of hydrogen-bond acceptors (Lipinski definition) is 4. The summed E-state index contributed by atoms with van der Waals surface area (Å²) in [5.74, 6) is 6.71. The topological polar surface area (TPSA) is 52.8 Å². The highest BCUT2D eigenvalue weighted by atomic mass is 16.2. The van der Waals surface area contributed by atoms with E-state index in [9.17, 15) is 4.79 Å². The van der Waals surface area contributed by atoms with E-state index in [1.165, 1.54) is 13.0 Å². The number of nitrogens with two attached hydrogens (primary N) is 1. The number of carbonyl (C=O) groups excluding carboxylic acids is 1. The lowest BCUT2D eigenvalue weighted by molar-refractivity contribution is -0.133. The van der Waals surface area contributed by atoms with E-state index in [2.05, 4.69) is 11.9 Å². The molecule has 1 atom stereocenters. The van der Waals surface area contributed by atoms with Crippen LogP contribution in [-0.2, 0) is 4.79 Å². The first-order chi connectivity index (χ1) is 9.15. The Balaban J connectivity index is 0.000000861. The summed E-state index contributed by atoms with van der Waals surface area (Å²) < 4.78 is 0. The second-order valence-electron chi connectivity index (χ2n) is 5.37. The molecule has 5 nitrogen and oxygen atoms in total. The minimum atomic E-state index is 0.313. The Labute approximate surface area is 117 Å². The standard InChI is InChI=1S/C12H24N4O.C2H6/c1-14-5-4-11(10-14)2-3-12(17)15-6-8-16(13)9-7-15;1-2/h11H,2-10,13H2,1H3;1-2H3. The molecule has 2 saturated heterocycles. The molecule has 112 valence electrons. The van der Waals surface area contributed by atoms with Gasteiger partial charge in [-0.2, -0.15) is 0 Å². The average Bonchev–Trinajstić information content (AvgIpc) is 2.85. The quantitative estimate of drug-likeness (QED) is 0.769. The van der Waals surface area contributed by atoms with Crippen molar-refractivity contribution < 1.29 is 4.79 Å². The zero-order valence-corrected chi connectivity index (χ0v) is 12.8. The average molecular weight is 270 g/mol. The van der Waals surface area contributed by atoms with Crippen LogP contribution in [0, 0.1) is 5.92 Å². The number of rotatable bonds is 3. The van der Waals surface area contributed by atoms with Crippen LogP contribution in [0.5, 0.6) is 0 Å². The first kappa shape index (κ1) is 16.4. The fraction of sp³-hybridized carbons (Fsp3) is 0.929. The van der Waals surface area contributed by atoms with Crippen molar-refractivity contribution in [2.75, 3.05) is 46.3 Å². The monoisotopic (exact) mass is 270 g/mol. The summed E-state index contributed by atoms with van der Waals surface area (Å²) in [5.41, 5.74) is 0. The maximum absolute atomic E-state index is 12.0. The van der Waals surface area contributed by atoms with Gasteiger partial charge in [0.05, 0.1) is 0 Å². The third kappa shape index (κ3) is 5.47. The highest BCUT2D eigenvalue weighted by molar-refractivity contribution is 5.76. The number of likely N-dealkylation sites (tertiary alicyclic amines) is 1. The van der Waals surface area contributed by atoms with Gasteiger partial charge in [0, 0.05) is 39.1 Å². The van der Waals surface area contributed by atoms with Crippen molar-refractivity contribution in [3.63, 3.8) is 0 Å². The Bertz CT molecular complexity index is 264. The lowest BCUT2D eigenvalue weighted by Gasteiger charge is -2.32. The van der Waals surface area contributed by atoms with Crippen molar-refractivity contribution >= 4 is 5.91 Å². The fourth-order valence-corrected chi connectivity index (χ4v) is 2.72. The zero-order valence-electron chi connectivity index (χ0n) is 12.8. The molecule has 0 aromatic rings. The summed E-state index contributed by atoms with van der Waals surface area (Å²) in [6.45, 7) is 9.53. The molecule has 0 aliphatic carbocycles. The predicted molar refractivity (Wildman–Crippen MR) is 78.5 cm³/mol. The van der Waals surface area contributed by atoms with E-state index in [-0.39, 0.29) is 0 Å². The molecule has 0 saturated carbocycles. The van der Waals surface area contributed by atoms with Gasteiger partial charge in [0.1, 0.15) is 0 Å². The number of hydrogen-bond donors (Lipinski definition) is 1. The molecular formula is C14H30N4O. The van der Waals surface area contributed by atoms with Crippen molar-refractivity contribution in [2.45, 2.75) is 33.1 Å². The number of nitrogens with zero attached hydrogens (tertiary/aromatic N) is 3. The Morgan fingerprint density at radius 3 is 2.32 bits per heavy atom. The minimum absolute atomic E-state index is 0.313. The molecule has 0 bridgehead atoms. The van der Waals surface area contributed by atoms with E-state index in [1.807, 2.05) is 18.7 Å². The van der Waals surface area contributed by atoms with Crippen molar-refractivity contribution in [3.8, 4) is 0 Å². The second-order valence-corrected chi connectivity index (χ2v) is 5.37. The summed E-state index contributed by atoms with van der Waals surface area (Å²) in [7, 11) is 2.16. The van der Waals surface area contributed by atoms with E-state index < -0.39 is 0 Å². The van der Waals surface area contributed by atoms with E-state index in [0.29, 0.717) is 12.3 Å². The molecule has 0 spiro atoms. The summed E-state index contributed by atoms with van der Waals surface area (Å²) in [6, 6.07) is 0. The third-order valence-corrected chi connectivity index (χ3v) is 3.92. The second kappa shape index (κ2) is 8.51. The van der Waals surface area contributed by atoms with E-state index in [1.54, 1.807) is 5.01 Å². The van der Waals surface area contributed by atoms with Gasteiger partial charge in [-0.1, -0.05) is 13.8 Å². The molecule has 2 rings (SSSR count). The van der Waals surface area contributed by atoms with Gasteiger partial charge in [-0.3, -0.25) is 10.6 Å². The van der Waals surface area contributed by atoms with Crippen LogP contribution in [0.2, 0.25) is 0 Å². The summed E-state index contributed by atoms with van der Waals surface area (Å²) in [5, 5.41) is 1.79. The zero-order chi connectivity index (χ0) is 14.3. The molecule has 2 heterocycles. The third-order valence-electron chi connectivity index (χ3n) is 3.92. The fourth-order valence-electron chi connectivity index (χ4n) is 2.72. The minimum Gasteiger partial charge on any atom is -0.340 e. The van der Waals surface area contributed by atoms with Gasteiger partial charge in [-0.25, -0.2) is 5.01 Å². The SMILES string of the molecule is CC.CN1CCC(CCC(=O)N2CCN(N)CC2)C1. The van der Waals surface area contributed by atoms with Crippen LogP contribution in [0.15, 0.2) is 0 Å². The molecule has 0 aromatic carbocycles. The Morgan fingerprint density at radius 2 is 1.79 bits per heavy atom. The largest absolute Gasteiger partial charge is 0.340 e. The maximum Gasteiger partial charge on any atom is 0.222 e. The van der Waals surface area contributed by atoms with Crippen LogP contribution in [0.1, 0.15) is 33.1 Å². The van der Waals surface area contributed by atoms with Gasteiger partial charge in [0.15, 0.2) is 0 Å². The summed E-state index contributed by atoms with van der Waals surface area (Å²) >= 11 is 0.